The Bertz CT molecular complexity index is 598. The van der Waals surface area contributed by atoms with E-state index in [4.69, 9.17) is 0 Å². The number of nitrogens with one attached hydrogen (secondary N) is 1. The molecular formula is C16H24N6O2. The highest BCUT2D eigenvalue weighted by atomic mass is 16.2. The van der Waals surface area contributed by atoms with Crippen molar-refractivity contribution in [2.75, 3.05) is 44.2 Å². The minimum absolute atomic E-state index is 0.139. The van der Waals surface area contributed by atoms with Crippen LogP contribution in [0.4, 0.5) is 10.6 Å². The van der Waals surface area contributed by atoms with Gasteiger partial charge in [0.2, 0.25) is 0 Å². The molecule has 24 heavy (non-hydrogen) atoms. The first-order chi connectivity index (χ1) is 11.5. The molecule has 0 aliphatic carbocycles. The van der Waals surface area contributed by atoms with Crippen LogP contribution >= 0.6 is 0 Å². The molecule has 0 radical (unpaired) electrons. The molecule has 0 spiro atoms. The molecule has 3 amide bonds. The zero-order valence-corrected chi connectivity index (χ0v) is 14.2. The molecule has 2 aliphatic heterocycles. The number of urea groups is 1. The summed E-state index contributed by atoms with van der Waals surface area (Å²) in [4.78, 5) is 38.3. The first-order valence-corrected chi connectivity index (χ1v) is 8.35. The number of rotatable bonds is 5. The summed E-state index contributed by atoms with van der Waals surface area (Å²) >= 11 is 0. The number of hydrogen-bond donors (Lipinski definition) is 1. The van der Waals surface area contributed by atoms with Gasteiger partial charge in [-0.05, 0) is 26.8 Å². The van der Waals surface area contributed by atoms with Crippen LogP contribution in [0.5, 0.6) is 0 Å². The molecule has 2 saturated heterocycles. The van der Waals surface area contributed by atoms with Gasteiger partial charge in [-0.1, -0.05) is 0 Å². The highest BCUT2D eigenvalue weighted by Crippen LogP contribution is 2.17. The summed E-state index contributed by atoms with van der Waals surface area (Å²) in [6, 6.07) is -0.280. The minimum Gasteiger partial charge on any atom is -0.353 e. The Labute approximate surface area is 141 Å². The van der Waals surface area contributed by atoms with Gasteiger partial charge in [0, 0.05) is 45.1 Å². The number of anilines is 1. The van der Waals surface area contributed by atoms with Crippen molar-refractivity contribution in [2.45, 2.75) is 25.8 Å². The van der Waals surface area contributed by atoms with Gasteiger partial charge < -0.3 is 10.2 Å². The van der Waals surface area contributed by atoms with Crippen LogP contribution in [0.2, 0.25) is 0 Å². The summed E-state index contributed by atoms with van der Waals surface area (Å²) in [5, 5.41) is 2.71. The highest BCUT2D eigenvalue weighted by Gasteiger charge is 2.43. The van der Waals surface area contributed by atoms with Gasteiger partial charge in [-0.25, -0.2) is 9.78 Å². The lowest BCUT2D eigenvalue weighted by molar-refractivity contribution is -0.130. The van der Waals surface area contributed by atoms with Gasteiger partial charge in [0.25, 0.3) is 5.91 Å². The molecule has 0 unspecified atom stereocenters. The Balaban J connectivity index is 1.41. The zero-order valence-electron chi connectivity index (χ0n) is 14.2. The van der Waals surface area contributed by atoms with Crippen LogP contribution in [-0.4, -0.2) is 76.5 Å². The molecule has 3 rings (SSSR count). The van der Waals surface area contributed by atoms with E-state index in [0.717, 1.165) is 45.0 Å². The van der Waals surface area contributed by atoms with Crippen molar-refractivity contribution >= 4 is 17.8 Å². The highest BCUT2D eigenvalue weighted by molar-refractivity contribution is 6.06. The van der Waals surface area contributed by atoms with E-state index in [2.05, 4.69) is 25.1 Å². The van der Waals surface area contributed by atoms with Crippen molar-refractivity contribution in [1.82, 2.24) is 25.1 Å². The zero-order chi connectivity index (χ0) is 17.2. The third-order valence-corrected chi connectivity index (χ3v) is 4.55. The van der Waals surface area contributed by atoms with Gasteiger partial charge in [-0.2, -0.15) is 0 Å². The molecule has 1 aromatic rings. The number of carbonyl (C=O) groups excluding carboxylic acids is 2. The summed E-state index contributed by atoms with van der Waals surface area (Å²) in [6.07, 6.45) is 5.97. The maximum Gasteiger partial charge on any atom is 0.325 e. The number of hydrogen-bond acceptors (Lipinski definition) is 6. The molecule has 130 valence electrons. The maximum absolute atomic E-state index is 12.1. The average Bonchev–Trinajstić information content (AvgIpc) is 2.78. The van der Waals surface area contributed by atoms with Crippen molar-refractivity contribution in [3.8, 4) is 0 Å². The van der Waals surface area contributed by atoms with Crippen molar-refractivity contribution < 1.29 is 9.59 Å². The monoisotopic (exact) mass is 332 g/mol. The molecule has 1 aromatic heterocycles. The number of nitrogens with zero attached hydrogens (tertiary/aromatic N) is 5. The van der Waals surface area contributed by atoms with E-state index >= 15 is 0 Å². The smallest absolute Gasteiger partial charge is 0.325 e. The molecule has 2 aliphatic rings. The average molecular weight is 332 g/mol. The van der Waals surface area contributed by atoms with Crippen LogP contribution in [-0.2, 0) is 4.79 Å². The first-order valence-electron chi connectivity index (χ1n) is 8.35. The van der Waals surface area contributed by atoms with Gasteiger partial charge in [0.15, 0.2) is 0 Å². The Hall–Kier alpha value is -2.22. The Morgan fingerprint density at radius 2 is 1.88 bits per heavy atom. The quantitative estimate of drug-likeness (QED) is 0.782. The van der Waals surface area contributed by atoms with Crippen LogP contribution in [0.25, 0.3) is 0 Å². The van der Waals surface area contributed by atoms with Gasteiger partial charge in [0.1, 0.15) is 11.4 Å². The Morgan fingerprint density at radius 3 is 2.46 bits per heavy atom. The van der Waals surface area contributed by atoms with Crippen molar-refractivity contribution in [3.63, 3.8) is 0 Å². The molecule has 2 fully saturated rings. The molecule has 1 N–H and O–H groups in total. The minimum atomic E-state index is -0.778. The van der Waals surface area contributed by atoms with Crippen LogP contribution in [0.15, 0.2) is 18.6 Å². The second-order valence-electron chi connectivity index (χ2n) is 6.76. The number of carbonyl (C=O) groups is 2. The number of piperazine rings is 1. The largest absolute Gasteiger partial charge is 0.353 e. The summed E-state index contributed by atoms with van der Waals surface area (Å²) in [6.45, 7) is 8.54. The summed E-state index contributed by atoms with van der Waals surface area (Å²) in [5.74, 6) is 0.777. The fourth-order valence-corrected chi connectivity index (χ4v) is 3.13. The van der Waals surface area contributed by atoms with Crippen LogP contribution in [0, 0.1) is 0 Å². The van der Waals surface area contributed by atoms with Crippen molar-refractivity contribution in [3.05, 3.63) is 18.6 Å². The fourth-order valence-electron chi connectivity index (χ4n) is 3.13. The second kappa shape index (κ2) is 6.72. The van der Waals surface area contributed by atoms with Gasteiger partial charge >= 0.3 is 6.03 Å². The van der Waals surface area contributed by atoms with Crippen LogP contribution < -0.4 is 10.2 Å². The topological polar surface area (TPSA) is 81.7 Å². The van der Waals surface area contributed by atoms with E-state index in [9.17, 15) is 9.59 Å². The SMILES string of the molecule is CC1(C)NC(=O)N(CCCN2CCN(c3cnccn3)CC2)C1=O. The molecule has 8 nitrogen and oxygen atoms in total. The first kappa shape index (κ1) is 16.6. The maximum atomic E-state index is 12.1. The summed E-state index contributed by atoms with van der Waals surface area (Å²) < 4.78 is 0. The van der Waals surface area contributed by atoms with Crippen molar-refractivity contribution in [2.24, 2.45) is 0 Å². The molecular weight excluding hydrogens is 308 g/mol. The number of aromatic nitrogens is 2. The molecule has 0 atom stereocenters. The summed E-state index contributed by atoms with van der Waals surface area (Å²) in [7, 11) is 0. The standard InChI is InChI=1S/C16H24N6O2/c1-16(2)14(23)22(15(24)19-16)7-3-6-20-8-10-21(11-9-20)13-12-17-4-5-18-13/h4-5,12H,3,6-11H2,1-2H3,(H,19,24). The van der Waals surface area contributed by atoms with Crippen LogP contribution in [0.1, 0.15) is 20.3 Å². The predicted octanol–water partition coefficient (Wildman–Crippen LogP) is 0.319. The van der Waals surface area contributed by atoms with Gasteiger partial charge in [0.05, 0.1) is 6.20 Å². The normalized spacial score (nSPS) is 21.2. The van der Waals surface area contributed by atoms with Crippen molar-refractivity contribution in [1.29, 1.82) is 0 Å². The number of imide groups is 1. The third-order valence-electron chi connectivity index (χ3n) is 4.55. The predicted molar refractivity (Wildman–Crippen MR) is 89.6 cm³/mol. The Kier molecular flexibility index (Phi) is 4.66. The van der Waals surface area contributed by atoms with Gasteiger partial charge in [-0.3, -0.25) is 19.6 Å². The summed E-state index contributed by atoms with van der Waals surface area (Å²) in [5.41, 5.74) is -0.778. The van der Waals surface area contributed by atoms with E-state index < -0.39 is 5.54 Å². The lowest BCUT2D eigenvalue weighted by Crippen LogP contribution is -2.47. The molecule has 8 heteroatoms. The fraction of sp³-hybridized carbons (Fsp3) is 0.625. The molecule has 3 heterocycles. The molecule has 0 aromatic carbocycles. The second-order valence-corrected chi connectivity index (χ2v) is 6.76. The third kappa shape index (κ3) is 3.48. The lowest BCUT2D eigenvalue weighted by Gasteiger charge is -2.35. The van der Waals surface area contributed by atoms with E-state index in [-0.39, 0.29) is 11.9 Å². The van der Waals surface area contributed by atoms with Gasteiger partial charge in [-0.15, -0.1) is 0 Å². The van der Waals surface area contributed by atoms with E-state index in [1.54, 1.807) is 32.4 Å². The molecule has 0 saturated carbocycles. The Morgan fingerprint density at radius 1 is 1.12 bits per heavy atom. The van der Waals surface area contributed by atoms with E-state index in [1.165, 1.54) is 4.90 Å². The number of amides is 3. The lowest BCUT2D eigenvalue weighted by atomic mass is 10.1. The van der Waals surface area contributed by atoms with E-state index in [0.29, 0.717) is 6.54 Å². The van der Waals surface area contributed by atoms with Crippen LogP contribution in [0.3, 0.4) is 0 Å². The van der Waals surface area contributed by atoms with E-state index in [1.807, 2.05) is 0 Å². The molecule has 0 bridgehead atoms.